The second-order valence-electron chi connectivity index (χ2n) is 6.93. The zero-order chi connectivity index (χ0) is 17.8. The summed E-state index contributed by atoms with van der Waals surface area (Å²) in [5, 5.41) is 10.5. The monoisotopic (exact) mass is 345 g/mol. The van der Waals surface area contributed by atoms with E-state index in [4.69, 9.17) is 13.9 Å². The van der Waals surface area contributed by atoms with Crippen LogP contribution in [0.25, 0.3) is 11.0 Å². The van der Waals surface area contributed by atoms with E-state index < -0.39 is 5.63 Å². The lowest BCUT2D eigenvalue weighted by Gasteiger charge is -2.55. The number of hydrogen-bond acceptors (Lipinski definition) is 6. The molecule has 2 fully saturated rings. The van der Waals surface area contributed by atoms with Gasteiger partial charge in [-0.1, -0.05) is 0 Å². The molecule has 1 aromatic carbocycles. The Balaban J connectivity index is 1.64. The number of carbonyl (C=O) groups is 1. The summed E-state index contributed by atoms with van der Waals surface area (Å²) in [6.07, 6.45) is 0.00420. The zero-order valence-electron chi connectivity index (χ0n) is 14.1. The van der Waals surface area contributed by atoms with Crippen molar-refractivity contribution >= 4 is 16.9 Å². The normalized spacial score (nSPS) is 18.1. The molecule has 3 heterocycles. The van der Waals surface area contributed by atoms with Gasteiger partial charge in [-0.05, 0) is 18.6 Å². The van der Waals surface area contributed by atoms with Crippen LogP contribution < -0.4 is 10.4 Å². The van der Waals surface area contributed by atoms with Crippen LogP contribution >= 0.6 is 0 Å². The van der Waals surface area contributed by atoms with Crippen molar-refractivity contribution in [2.75, 3.05) is 33.4 Å². The maximum atomic E-state index is 12.5. The Kier molecular flexibility index (Phi) is 3.50. The van der Waals surface area contributed by atoms with Crippen molar-refractivity contribution in [2.45, 2.75) is 13.3 Å². The van der Waals surface area contributed by atoms with Gasteiger partial charge in [0.05, 0.1) is 37.7 Å². The fourth-order valence-corrected chi connectivity index (χ4v) is 3.55. The second-order valence-corrected chi connectivity index (χ2v) is 6.93. The highest BCUT2D eigenvalue weighted by molar-refractivity contribution is 5.87. The minimum absolute atomic E-state index is 0.00420. The Morgan fingerprint density at radius 2 is 2.08 bits per heavy atom. The van der Waals surface area contributed by atoms with Gasteiger partial charge in [0.1, 0.15) is 5.58 Å². The smallest absolute Gasteiger partial charge is 0.340 e. The van der Waals surface area contributed by atoms with Gasteiger partial charge in [-0.15, -0.1) is 0 Å². The molecule has 4 rings (SSSR count). The summed E-state index contributed by atoms with van der Waals surface area (Å²) < 4.78 is 15.6. The Bertz CT molecular complexity index is 919. The second kappa shape index (κ2) is 5.49. The number of phenolic OH excluding ortho intramolecular Hbond substituents is 1. The molecule has 0 atom stereocenters. The topological polar surface area (TPSA) is 89.2 Å². The third kappa shape index (κ3) is 2.46. The number of hydrogen-bond donors (Lipinski definition) is 1. The summed E-state index contributed by atoms with van der Waals surface area (Å²) in [6.45, 7) is 4.56. The Morgan fingerprint density at radius 1 is 1.36 bits per heavy atom. The van der Waals surface area contributed by atoms with E-state index in [9.17, 15) is 14.7 Å². The minimum Gasteiger partial charge on any atom is -0.504 e. The number of rotatable bonds is 3. The molecule has 2 aliphatic heterocycles. The molecule has 0 unspecified atom stereocenters. The number of aromatic hydroxyl groups is 1. The summed E-state index contributed by atoms with van der Waals surface area (Å²) in [7, 11) is 1.45. The highest BCUT2D eigenvalue weighted by Crippen LogP contribution is 2.38. The number of likely N-dealkylation sites (tertiary alicyclic amines) is 1. The van der Waals surface area contributed by atoms with Gasteiger partial charge >= 0.3 is 5.63 Å². The van der Waals surface area contributed by atoms with Crippen molar-refractivity contribution in [3.05, 3.63) is 33.7 Å². The van der Waals surface area contributed by atoms with Gasteiger partial charge in [-0.25, -0.2) is 4.79 Å². The van der Waals surface area contributed by atoms with Crippen molar-refractivity contribution in [3.63, 3.8) is 0 Å². The maximum Gasteiger partial charge on any atom is 0.340 e. The number of amides is 1. The van der Waals surface area contributed by atoms with Crippen LogP contribution in [0.5, 0.6) is 11.5 Å². The van der Waals surface area contributed by atoms with Gasteiger partial charge in [0.25, 0.3) is 0 Å². The van der Waals surface area contributed by atoms with Crippen molar-refractivity contribution in [2.24, 2.45) is 5.41 Å². The molecule has 7 heteroatoms. The van der Waals surface area contributed by atoms with Gasteiger partial charge in [0, 0.05) is 24.5 Å². The molecule has 25 heavy (non-hydrogen) atoms. The lowest BCUT2D eigenvalue weighted by Crippen LogP contribution is -2.67. The highest BCUT2D eigenvalue weighted by Gasteiger charge is 2.50. The molecular weight excluding hydrogens is 326 g/mol. The van der Waals surface area contributed by atoms with E-state index >= 15 is 0 Å². The third-order valence-corrected chi connectivity index (χ3v) is 5.14. The standard InChI is InChI=1S/C18H19NO6/c1-10-11-3-15(23-2)13(20)5-14(11)25-17(22)12(10)4-16(21)19-6-18(7-19)8-24-9-18/h3,5,20H,4,6-9H2,1-2H3. The van der Waals surface area contributed by atoms with E-state index in [1.807, 2.05) is 0 Å². The minimum atomic E-state index is -0.551. The van der Waals surface area contributed by atoms with Crippen molar-refractivity contribution in [1.82, 2.24) is 4.90 Å². The van der Waals surface area contributed by atoms with E-state index in [0.29, 0.717) is 42.8 Å². The van der Waals surface area contributed by atoms with Crippen LogP contribution in [0.4, 0.5) is 0 Å². The molecule has 1 aromatic heterocycles. The number of aryl methyl sites for hydroxylation is 1. The molecule has 2 aliphatic rings. The summed E-state index contributed by atoms with van der Waals surface area (Å²) >= 11 is 0. The van der Waals surface area contributed by atoms with Gasteiger partial charge in [-0.2, -0.15) is 0 Å². The number of phenols is 1. The van der Waals surface area contributed by atoms with Gasteiger partial charge < -0.3 is 23.9 Å². The van der Waals surface area contributed by atoms with Crippen LogP contribution in [-0.4, -0.2) is 49.3 Å². The van der Waals surface area contributed by atoms with Crippen LogP contribution in [-0.2, 0) is 16.0 Å². The molecular formula is C18H19NO6. The van der Waals surface area contributed by atoms with Gasteiger partial charge in [0.2, 0.25) is 5.91 Å². The Morgan fingerprint density at radius 3 is 2.68 bits per heavy atom. The predicted molar refractivity (Wildman–Crippen MR) is 89.0 cm³/mol. The van der Waals surface area contributed by atoms with Gasteiger partial charge in [0.15, 0.2) is 11.5 Å². The van der Waals surface area contributed by atoms with Crippen LogP contribution in [0.2, 0.25) is 0 Å². The van der Waals surface area contributed by atoms with E-state index in [0.717, 1.165) is 0 Å². The van der Waals surface area contributed by atoms with E-state index in [2.05, 4.69) is 0 Å². The lowest BCUT2D eigenvalue weighted by atomic mass is 9.78. The summed E-state index contributed by atoms with van der Waals surface area (Å²) in [6, 6.07) is 2.96. The number of nitrogens with zero attached hydrogens (tertiary/aromatic N) is 1. The maximum absolute atomic E-state index is 12.5. The molecule has 1 amide bonds. The van der Waals surface area contributed by atoms with Crippen LogP contribution in [0.3, 0.4) is 0 Å². The summed E-state index contributed by atoms with van der Waals surface area (Å²) in [5.41, 5.74) is 0.872. The average molecular weight is 345 g/mol. The third-order valence-electron chi connectivity index (χ3n) is 5.14. The first-order valence-corrected chi connectivity index (χ1v) is 8.11. The first kappa shape index (κ1) is 16.0. The summed E-state index contributed by atoms with van der Waals surface area (Å²) in [4.78, 5) is 26.5. The number of carbonyl (C=O) groups excluding carboxylic acids is 1. The zero-order valence-corrected chi connectivity index (χ0v) is 14.1. The molecule has 0 saturated carbocycles. The lowest BCUT2D eigenvalue weighted by molar-refractivity contribution is -0.194. The van der Waals surface area contributed by atoms with Crippen molar-refractivity contribution in [1.29, 1.82) is 0 Å². The SMILES string of the molecule is COc1cc2c(C)c(CC(=O)N3CC4(COC4)C3)c(=O)oc2cc1O. The molecule has 132 valence electrons. The largest absolute Gasteiger partial charge is 0.504 e. The predicted octanol–water partition coefficient (Wildman–Crippen LogP) is 1.22. The first-order chi connectivity index (χ1) is 11.9. The van der Waals surface area contributed by atoms with E-state index in [1.165, 1.54) is 13.2 Å². The summed E-state index contributed by atoms with van der Waals surface area (Å²) in [5.74, 6) is 0.101. The average Bonchev–Trinajstić information content (AvgIpc) is 2.48. The van der Waals surface area contributed by atoms with Crippen molar-refractivity contribution in [3.8, 4) is 11.5 Å². The Labute approximate surface area is 143 Å². The molecule has 2 aromatic rings. The quantitative estimate of drug-likeness (QED) is 0.842. The molecule has 0 aliphatic carbocycles. The number of methoxy groups -OCH3 is 1. The number of ether oxygens (including phenoxy) is 2. The molecule has 7 nitrogen and oxygen atoms in total. The van der Waals surface area contributed by atoms with Crippen molar-refractivity contribution < 1.29 is 23.8 Å². The number of fused-ring (bicyclic) bond motifs is 1. The fraction of sp³-hybridized carbons (Fsp3) is 0.444. The van der Waals surface area contributed by atoms with E-state index in [1.54, 1.807) is 17.9 Å². The molecule has 0 radical (unpaired) electrons. The van der Waals surface area contributed by atoms with Crippen LogP contribution in [0.1, 0.15) is 11.1 Å². The van der Waals surface area contributed by atoms with Crippen LogP contribution in [0.15, 0.2) is 21.3 Å². The van der Waals surface area contributed by atoms with Crippen LogP contribution in [0, 0.1) is 12.3 Å². The fourth-order valence-electron chi connectivity index (χ4n) is 3.55. The van der Waals surface area contributed by atoms with Gasteiger partial charge in [-0.3, -0.25) is 4.79 Å². The Hall–Kier alpha value is -2.54. The highest BCUT2D eigenvalue weighted by atomic mass is 16.5. The molecule has 2 saturated heterocycles. The molecule has 1 N–H and O–H groups in total. The first-order valence-electron chi connectivity index (χ1n) is 8.11. The van der Waals surface area contributed by atoms with E-state index in [-0.39, 0.29) is 34.8 Å². The number of benzene rings is 1. The molecule has 0 bridgehead atoms. The molecule has 1 spiro atoms.